The van der Waals surface area contributed by atoms with Gasteiger partial charge >= 0.3 is 0 Å². The molecule has 3 N–H and O–H groups in total. The molecule has 6 nitrogen and oxygen atoms in total. The molecule has 3 aromatic rings. The van der Waals surface area contributed by atoms with Crippen LogP contribution >= 0.6 is 0 Å². The number of carbonyl (C=O) groups is 1. The van der Waals surface area contributed by atoms with E-state index in [1.165, 1.54) is 11.1 Å². The van der Waals surface area contributed by atoms with E-state index in [-0.39, 0.29) is 23.8 Å². The molecule has 2 aromatic carbocycles. The Morgan fingerprint density at radius 3 is 2.94 bits per heavy atom. The molecule has 4 atom stereocenters. The molecule has 2 unspecified atom stereocenters. The maximum absolute atomic E-state index is 12.2. The Hall–Kier alpha value is -2.70. The van der Waals surface area contributed by atoms with Crippen LogP contribution < -0.4 is 5.73 Å². The summed E-state index contributed by atoms with van der Waals surface area (Å²) in [5.41, 5.74) is 11.2. The Morgan fingerprint density at radius 2 is 2.16 bits per heavy atom. The predicted molar refractivity (Wildman–Crippen MR) is 120 cm³/mol. The normalized spacial score (nSPS) is 26.3. The molecule has 1 radical (unpaired) electrons. The lowest BCUT2D eigenvalue weighted by molar-refractivity contribution is -0.120. The standard InChI is InChI=1S/C25H29N4O2/c1-15-7-8-21-20(11-15)27-16(2)29(21)22-9-10-28(14-23(22)30)13-18-12-17-5-3-4-6-19(17)24(18)25(26)31/h4-8,11,18,22-24,30H,9-10,12-14H2,1-2H3,(H2,26,31)/t18?,22-,23-,24?/m1/s1. The van der Waals surface area contributed by atoms with Gasteiger partial charge in [0.15, 0.2) is 0 Å². The van der Waals surface area contributed by atoms with Crippen molar-refractivity contribution in [2.24, 2.45) is 11.7 Å². The zero-order valence-corrected chi connectivity index (χ0v) is 18.1. The second-order valence-corrected chi connectivity index (χ2v) is 9.17. The average molecular weight is 418 g/mol. The number of aliphatic hydroxyl groups is 1. The first-order chi connectivity index (χ1) is 14.9. The average Bonchev–Trinajstić information content (AvgIpc) is 3.24. The Balaban J connectivity index is 1.32. The topological polar surface area (TPSA) is 84.4 Å². The van der Waals surface area contributed by atoms with Crippen LogP contribution in [0.2, 0.25) is 0 Å². The molecule has 0 spiro atoms. The molecule has 31 heavy (non-hydrogen) atoms. The first-order valence-corrected chi connectivity index (χ1v) is 11.1. The number of fused-ring (bicyclic) bond motifs is 2. The van der Waals surface area contributed by atoms with E-state index in [2.05, 4.69) is 40.7 Å². The maximum Gasteiger partial charge on any atom is 0.225 e. The van der Waals surface area contributed by atoms with Crippen LogP contribution in [0.15, 0.2) is 36.4 Å². The molecule has 1 saturated heterocycles. The van der Waals surface area contributed by atoms with Crippen molar-refractivity contribution in [1.29, 1.82) is 0 Å². The number of amides is 1. The molecule has 1 amide bonds. The number of likely N-dealkylation sites (tertiary alicyclic amines) is 1. The summed E-state index contributed by atoms with van der Waals surface area (Å²) in [5, 5.41) is 11.1. The van der Waals surface area contributed by atoms with Gasteiger partial charge in [0.1, 0.15) is 5.82 Å². The van der Waals surface area contributed by atoms with E-state index < -0.39 is 6.10 Å². The fourth-order valence-electron chi connectivity index (χ4n) is 5.70. The number of rotatable bonds is 4. The minimum absolute atomic E-state index is 0.00580. The molecule has 0 saturated carbocycles. The molecule has 1 aliphatic heterocycles. The highest BCUT2D eigenvalue weighted by Gasteiger charge is 2.39. The summed E-state index contributed by atoms with van der Waals surface area (Å²) in [4.78, 5) is 19.2. The second kappa shape index (κ2) is 7.77. The Labute approximate surface area is 182 Å². The van der Waals surface area contributed by atoms with Gasteiger partial charge in [-0.3, -0.25) is 4.79 Å². The van der Waals surface area contributed by atoms with E-state index in [1.807, 2.05) is 25.1 Å². The summed E-state index contributed by atoms with van der Waals surface area (Å²) >= 11 is 0. The summed E-state index contributed by atoms with van der Waals surface area (Å²) in [5.74, 6) is 0.559. The van der Waals surface area contributed by atoms with Crippen molar-refractivity contribution >= 4 is 16.9 Å². The van der Waals surface area contributed by atoms with Crippen molar-refractivity contribution in [3.8, 4) is 0 Å². The zero-order chi connectivity index (χ0) is 21.7. The minimum atomic E-state index is -0.490. The number of hydrogen-bond donors (Lipinski definition) is 2. The van der Waals surface area contributed by atoms with Crippen LogP contribution in [0, 0.1) is 25.8 Å². The molecule has 5 rings (SSSR count). The lowest BCUT2D eigenvalue weighted by Gasteiger charge is -2.38. The summed E-state index contributed by atoms with van der Waals surface area (Å²) in [6, 6.07) is 15.2. The summed E-state index contributed by atoms with van der Waals surface area (Å²) in [7, 11) is 0. The number of aliphatic hydroxyl groups excluding tert-OH is 1. The fraction of sp³-hybridized carbons (Fsp3) is 0.440. The second-order valence-electron chi connectivity index (χ2n) is 9.17. The summed E-state index contributed by atoms with van der Waals surface area (Å²) in [6.45, 7) is 6.30. The number of imidazole rings is 1. The van der Waals surface area contributed by atoms with Crippen LogP contribution in [0.5, 0.6) is 0 Å². The van der Waals surface area contributed by atoms with Crippen molar-refractivity contribution in [3.05, 3.63) is 65.0 Å². The fourth-order valence-corrected chi connectivity index (χ4v) is 5.70. The van der Waals surface area contributed by atoms with Gasteiger partial charge in [-0.25, -0.2) is 4.98 Å². The number of carbonyl (C=O) groups excluding carboxylic acids is 1. The quantitative estimate of drug-likeness (QED) is 0.683. The van der Waals surface area contributed by atoms with Gasteiger partial charge in [-0.2, -0.15) is 0 Å². The van der Waals surface area contributed by atoms with Crippen molar-refractivity contribution in [3.63, 3.8) is 0 Å². The third-order valence-electron chi connectivity index (χ3n) is 7.06. The SMILES string of the molecule is Cc1ccc2c(c1)nc(C)n2[C@@H]1CCN(CC2Cc3c[c]ccc3C2C(N)=O)C[C@H]1O. The molecule has 161 valence electrons. The van der Waals surface area contributed by atoms with Crippen LogP contribution in [0.25, 0.3) is 11.0 Å². The molecular weight excluding hydrogens is 388 g/mol. The zero-order valence-electron chi connectivity index (χ0n) is 18.1. The van der Waals surface area contributed by atoms with Gasteiger partial charge in [0.2, 0.25) is 5.91 Å². The molecule has 1 aliphatic carbocycles. The Kier molecular flexibility index (Phi) is 5.07. The Bertz CT molecular complexity index is 1140. The summed E-state index contributed by atoms with van der Waals surface area (Å²) < 4.78 is 2.20. The number of benzene rings is 2. The number of hydrogen-bond acceptors (Lipinski definition) is 4. The molecule has 1 fully saturated rings. The van der Waals surface area contributed by atoms with E-state index in [9.17, 15) is 9.90 Å². The molecule has 0 bridgehead atoms. The van der Waals surface area contributed by atoms with Crippen molar-refractivity contribution in [2.45, 2.75) is 44.8 Å². The first kappa shape index (κ1) is 20.2. The Morgan fingerprint density at radius 1 is 1.32 bits per heavy atom. The van der Waals surface area contributed by atoms with E-state index in [0.717, 1.165) is 48.4 Å². The monoisotopic (exact) mass is 417 g/mol. The van der Waals surface area contributed by atoms with Crippen molar-refractivity contribution in [1.82, 2.24) is 14.5 Å². The van der Waals surface area contributed by atoms with Crippen molar-refractivity contribution < 1.29 is 9.90 Å². The van der Waals surface area contributed by atoms with Gasteiger partial charge in [0.25, 0.3) is 0 Å². The number of aryl methyl sites for hydroxylation is 2. The third kappa shape index (κ3) is 3.54. The van der Waals surface area contributed by atoms with Crippen LogP contribution in [-0.4, -0.2) is 51.2 Å². The van der Waals surface area contributed by atoms with E-state index in [0.29, 0.717) is 6.54 Å². The van der Waals surface area contributed by atoms with Crippen LogP contribution in [0.3, 0.4) is 0 Å². The minimum Gasteiger partial charge on any atom is -0.390 e. The smallest absolute Gasteiger partial charge is 0.225 e. The van der Waals surface area contributed by atoms with E-state index >= 15 is 0 Å². The van der Waals surface area contributed by atoms with Crippen molar-refractivity contribution in [2.75, 3.05) is 19.6 Å². The van der Waals surface area contributed by atoms with Gasteiger partial charge in [-0.1, -0.05) is 24.3 Å². The summed E-state index contributed by atoms with van der Waals surface area (Å²) in [6.07, 6.45) is 1.19. The number of aromatic nitrogens is 2. The number of nitrogens with two attached hydrogens (primary N) is 1. The highest BCUT2D eigenvalue weighted by atomic mass is 16.3. The number of piperidine rings is 1. The van der Waals surface area contributed by atoms with Gasteiger partial charge in [-0.15, -0.1) is 0 Å². The molecule has 6 heteroatoms. The van der Waals surface area contributed by atoms with Gasteiger partial charge in [-0.05, 0) is 67.5 Å². The molecule has 1 aromatic heterocycles. The molecule has 2 aliphatic rings. The lowest BCUT2D eigenvalue weighted by Crippen LogP contribution is -2.47. The largest absolute Gasteiger partial charge is 0.390 e. The van der Waals surface area contributed by atoms with Crippen LogP contribution in [-0.2, 0) is 11.2 Å². The highest BCUT2D eigenvalue weighted by molar-refractivity contribution is 5.83. The number of nitrogens with zero attached hydrogens (tertiary/aromatic N) is 3. The van der Waals surface area contributed by atoms with Crippen LogP contribution in [0.4, 0.5) is 0 Å². The number of β-amino-alcohol motifs (C(OH)–C–C–N with tert-alkyl or cyclic N) is 1. The first-order valence-electron chi connectivity index (χ1n) is 11.1. The maximum atomic E-state index is 12.2. The molecule has 2 heterocycles. The predicted octanol–water partition coefficient (Wildman–Crippen LogP) is 2.50. The van der Waals surface area contributed by atoms with Gasteiger partial charge in [0.05, 0.1) is 29.1 Å². The van der Waals surface area contributed by atoms with Gasteiger partial charge < -0.3 is 20.3 Å². The van der Waals surface area contributed by atoms with Gasteiger partial charge in [0, 0.05) is 19.6 Å². The molecular formula is C25H29N4O2. The van der Waals surface area contributed by atoms with Crippen LogP contribution in [0.1, 0.15) is 40.9 Å². The third-order valence-corrected chi connectivity index (χ3v) is 7.06. The highest BCUT2D eigenvalue weighted by Crippen LogP contribution is 2.39. The van der Waals surface area contributed by atoms with E-state index in [1.54, 1.807) is 0 Å². The lowest BCUT2D eigenvalue weighted by atomic mass is 9.90. The number of primary amides is 1. The van der Waals surface area contributed by atoms with E-state index in [4.69, 9.17) is 10.7 Å².